The number of fused-ring (bicyclic) bond motifs is 3. The second-order valence-electron chi connectivity index (χ2n) is 4.30. The largest absolute Gasteiger partial charge is 0.114 e. The molecule has 0 aromatic heterocycles. The molecule has 0 fully saturated rings. The van der Waals surface area contributed by atoms with Crippen LogP contribution in [-0.4, -0.2) is 5.08 Å². The Morgan fingerprint density at radius 3 is 1.71 bits per heavy atom. The van der Waals surface area contributed by atoms with Crippen LogP contribution in [0, 0.1) is 13.8 Å². The van der Waals surface area contributed by atoms with Crippen molar-refractivity contribution in [1.29, 1.82) is 0 Å². The highest BCUT2D eigenvalue weighted by Gasteiger charge is 2.18. The van der Waals surface area contributed by atoms with Crippen molar-refractivity contribution in [3.63, 3.8) is 0 Å². The van der Waals surface area contributed by atoms with Crippen LogP contribution in [0.3, 0.4) is 0 Å². The number of rotatable bonds is 0. The van der Waals surface area contributed by atoms with E-state index in [1.807, 2.05) is 23.5 Å². The van der Waals surface area contributed by atoms with Gasteiger partial charge in [0.05, 0.1) is 0 Å². The molecule has 86 valence electrons. The van der Waals surface area contributed by atoms with Crippen molar-refractivity contribution in [3.8, 4) is 11.1 Å². The third-order valence-corrected chi connectivity index (χ3v) is 5.39. The van der Waals surface area contributed by atoms with Gasteiger partial charge in [-0.25, -0.2) is 0 Å². The predicted octanol–water partition coefficient (Wildman–Crippen LogP) is 5.13. The van der Waals surface area contributed by atoms with Gasteiger partial charge in [0.25, 0.3) is 0 Å². The molecule has 0 spiro atoms. The average Bonchev–Trinajstić information content (AvgIpc) is 2.50. The number of thioether (sulfide) groups is 2. The Morgan fingerprint density at radius 1 is 0.765 bits per heavy atom. The SMILES string of the molecule is Cc1cccc2c1-c1c(C)cccc1SCS2. The van der Waals surface area contributed by atoms with Gasteiger partial charge in [-0.05, 0) is 48.2 Å². The maximum absolute atomic E-state index is 2.25. The summed E-state index contributed by atoms with van der Waals surface area (Å²) in [6, 6.07) is 13.2. The quantitative estimate of drug-likeness (QED) is 0.643. The maximum Gasteiger partial charge on any atom is 0.0487 e. The fraction of sp³-hybridized carbons (Fsp3) is 0.200. The summed E-state index contributed by atoms with van der Waals surface area (Å²) < 4.78 is 0. The molecule has 0 radical (unpaired) electrons. The zero-order valence-corrected chi connectivity index (χ0v) is 11.6. The lowest BCUT2D eigenvalue weighted by atomic mass is 9.96. The minimum Gasteiger partial charge on any atom is -0.114 e. The molecule has 0 amide bonds. The van der Waals surface area contributed by atoms with E-state index in [0.717, 1.165) is 5.08 Å². The van der Waals surface area contributed by atoms with E-state index in [9.17, 15) is 0 Å². The van der Waals surface area contributed by atoms with Crippen LogP contribution in [0.5, 0.6) is 0 Å². The summed E-state index contributed by atoms with van der Waals surface area (Å²) in [7, 11) is 0. The highest BCUT2D eigenvalue weighted by atomic mass is 32.2. The molecule has 0 saturated carbocycles. The van der Waals surface area contributed by atoms with Crippen LogP contribution in [-0.2, 0) is 0 Å². The van der Waals surface area contributed by atoms with Crippen molar-refractivity contribution < 1.29 is 0 Å². The van der Waals surface area contributed by atoms with Crippen LogP contribution < -0.4 is 0 Å². The van der Waals surface area contributed by atoms with Gasteiger partial charge in [-0.3, -0.25) is 0 Å². The predicted molar refractivity (Wildman–Crippen MR) is 77.9 cm³/mol. The highest BCUT2D eigenvalue weighted by molar-refractivity contribution is 8.16. The third-order valence-electron chi connectivity index (χ3n) is 3.15. The van der Waals surface area contributed by atoms with Gasteiger partial charge in [-0.2, -0.15) is 0 Å². The minimum absolute atomic E-state index is 1.10. The van der Waals surface area contributed by atoms with E-state index in [0.29, 0.717) is 0 Å². The molecule has 0 saturated heterocycles. The third kappa shape index (κ3) is 1.90. The fourth-order valence-corrected chi connectivity index (χ4v) is 4.74. The summed E-state index contributed by atoms with van der Waals surface area (Å²) in [5, 5.41) is 1.10. The Kier molecular flexibility index (Phi) is 2.93. The molecule has 1 heterocycles. The smallest absolute Gasteiger partial charge is 0.0487 e. The lowest BCUT2D eigenvalue weighted by Crippen LogP contribution is -1.90. The summed E-state index contributed by atoms with van der Waals surface area (Å²) in [5.74, 6) is 0. The Bertz CT molecular complexity index is 522. The standard InChI is InChI=1S/C15H14S2/c1-10-5-3-7-12-14(10)15-11(2)6-4-8-13(15)17-9-16-12/h3-8H,9H2,1-2H3. The van der Waals surface area contributed by atoms with Crippen LogP contribution in [0.2, 0.25) is 0 Å². The first-order valence-corrected chi connectivity index (χ1v) is 7.69. The van der Waals surface area contributed by atoms with E-state index in [4.69, 9.17) is 0 Å². The monoisotopic (exact) mass is 258 g/mol. The van der Waals surface area contributed by atoms with Gasteiger partial charge in [0, 0.05) is 14.9 Å². The van der Waals surface area contributed by atoms with Gasteiger partial charge in [-0.15, -0.1) is 23.5 Å². The van der Waals surface area contributed by atoms with Crippen LogP contribution in [0.25, 0.3) is 11.1 Å². The summed E-state index contributed by atoms with van der Waals surface area (Å²) in [6.45, 7) is 4.43. The lowest BCUT2D eigenvalue weighted by Gasteiger charge is -2.13. The van der Waals surface area contributed by atoms with Gasteiger partial charge in [-0.1, -0.05) is 24.3 Å². The molecule has 3 rings (SSSR count). The molecular formula is C15H14S2. The first kappa shape index (κ1) is 11.2. The normalized spacial score (nSPS) is 13.8. The van der Waals surface area contributed by atoms with Gasteiger partial charge >= 0.3 is 0 Å². The fourth-order valence-electron chi connectivity index (χ4n) is 2.32. The Morgan fingerprint density at radius 2 is 1.24 bits per heavy atom. The van der Waals surface area contributed by atoms with E-state index in [-0.39, 0.29) is 0 Å². The molecule has 17 heavy (non-hydrogen) atoms. The molecule has 1 aliphatic heterocycles. The van der Waals surface area contributed by atoms with Gasteiger partial charge < -0.3 is 0 Å². The van der Waals surface area contributed by atoms with Crippen molar-refractivity contribution in [1.82, 2.24) is 0 Å². The molecule has 2 aromatic rings. The second kappa shape index (κ2) is 4.43. The maximum atomic E-state index is 2.25. The van der Waals surface area contributed by atoms with Gasteiger partial charge in [0.2, 0.25) is 0 Å². The number of hydrogen-bond acceptors (Lipinski definition) is 2. The molecule has 0 N–H and O–H groups in total. The molecular weight excluding hydrogens is 244 g/mol. The zero-order valence-electron chi connectivity index (χ0n) is 9.99. The zero-order chi connectivity index (χ0) is 11.8. The summed E-state index contributed by atoms with van der Waals surface area (Å²) in [5.41, 5.74) is 5.65. The Balaban J connectivity index is 2.37. The van der Waals surface area contributed by atoms with Crippen LogP contribution in [0.1, 0.15) is 11.1 Å². The molecule has 2 aromatic carbocycles. The van der Waals surface area contributed by atoms with Crippen LogP contribution in [0.4, 0.5) is 0 Å². The molecule has 0 atom stereocenters. The lowest BCUT2D eigenvalue weighted by molar-refractivity contribution is 1.29. The molecule has 1 aliphatic rings. The van der Waals surface area contributed by atoms with Crippen molar-refractivity contribution in [2.24, 2.45) is 0 Å². The molecule has 0 aliphatic carbocycles. The van der Waals surface area contributed by atoms with Crippen LogP contribution >= 0.6 is 23.5 Å². The first-order chi connectivity index (χ1) is 8.27. The van der Waals surface area contributed by atoms with Crippen molar-refractivity contribution in [2.45, 2.75) is 23.6 Å². The van der Waals surface area contributed by atoms with E-state index < -0.39 is 0 Å². The van der Waals surface area contributed by atoms with E-state index in [1.54, 1.807) is 0 Å². The summed E-state index contributed by atoms with van der Waals surface area (Å²) >= 11 is 3.90. The Hall–Kier alpha value is -0.860. The van der Waals surface area contributed by atoms with E-state index >= 15 is 0 Å². The summed E-state index contributed by atoms with van der Waals surface area (Å²) in [4.78, 5) is 2.84. The van der Waals surface area contributed by atoms with Crippen molar-refractivity contribution in [2.75, 3.05) is 5.08 Å². The highest BCUT2D eigenvalue weighted by Crippen LogP contribution is 2.46. The van der Waals surface area contributed by atoms with Crippen molar-refractivity contribution >= 4 is 23.5 Å². The Labute approximate surface area is 111 Å². The first-order valence-electron chi connectivity index (χ1n) is 5.72. The minimum atomic E-state index is 1.10. The number of hydrogen-bond donors (Lipinski definition) is 0. The van der Waals surface area contributed by atoms with Gasteiger partial charge in [0.1, 0.15) is 0 Å². The molecule has 0 nitrogen and oxygen atoms in total. The van der Waals surface area contributed by atoms with E-state index in [2.05, 4.69) is 50.2 Å². The second-order valence-corrected chi connectivity index (χ2v) is 6.70. The molecule has 2 heteroatoms. The van der Waals surface area contributed by atoms with E-state index in [1.165, 1.54) is 32.0 Å². The average molecular weight is 258 g/mol. The number of benzene rings is 2. The van der Waals surface area contributed by atoms with Crippen molar-refractivity contribution in [3.05, 3.63) is 47.5 Å². The van der Waals surface area contributed by atoms with Gasteiger partial charge in [0.15, 0.2) is 0 Å². The topological polar surface area (TPSA) is 0 Å². The summed E-state index contributed by atoms with van der Waals surface area (Å²) in [6.07, 6.45) is 0. The number of aryl methyl sites for hydroxylation is 2. The molecule has 0 unspecified atom stereocenters. The molecule has 0 bridgehead atoms. The van der Waals surface area contributed by atoms with Crippen LogP contribution in [0.15, 0.2) is 46.2 Å².